The number of nitrogens with one attached hydrogen (secondary N) is 1. The van der Waals surface area contributed by atoms with Crippen LogP contribution in [0.3, 0.4) is 0 Å². The van der Waals surface area contributed by atoms with Gasteiger partial charge in [0.25, 0.3) is 0 Å². The van der Waals surface area contributed by atoms with Gasteiger partial charge in [-0.3, -0.25) is 19.1 Å². The van der Waals surface area contributed by atoms with Crippen molar-refractivity contribution in [2.45, 2.75) is 31.1 Å². The SMILES string of the molecule is CC1(C)C(N)=N[C@](C)(c2cc(Nc3nccc4cc(Cl)cnc34)cnc2F)CS1(O)O. The summed E-state index contributed by atoms with van der Waals surface area (Å²) >= 11 is 6.01. The number of halogens is 2. The molecule has 1 aliphatic heterocycles. The summed E-state index contributed by atoms with van der Waals surface area (Å²) in [6.07, 6.45) is 4.43. The number of aromatic nitrogens is 3. The van der Waals surface area contributed by atoms with Crippen molar-refractivity contribution >= 4 is 50.4 Å². The Hall–Kier alpha value is -2.53. The maximum absolute atomic E-state index is 14.8. The number of aliphatic imine (C=N–C) groups is 1. The van der Waals surface area contributed by atoms with Crippen molar-refractivity contribution in [3.63, 3.8) is 0 Å². The molecule has 11 heteroatoms. The lowest BCUT2D eigenvalue weighted by Gasteiger charge is -2.53. The number of fused-ring (bicyclic) bond motifs is 1. The summed E-state index contributed by atoms with van der Waals surface area (Å²) in [6, 6.07) is 5.06. The molecule has 0 saturated heterocycles. The highest BCUT2D eigenvalue weighted by atomic mass is 35.5. The van der Waals surface area contributed by atoms with E-state index in [0.29, 0.717) is 22.0 Å². The van der Waals surface area contributed by atoms with Gasteiger partial charge >= 0.3 is 0 Å². The van der Waals surface area contributed by atoms with Crippen LogP contribution in [-0.4, -0.2) is 40.4 Å². The molecule has 164 valence electrons. The molecule has 0 spiro atoms. The molecule has 0 aromatic carbocycles. The molecule has 5 N–H and O–H groups in total. The van der Waals surface area contributed by atoms with E-state index >= 15 is 0 Å². The van der Waals surface area contributed by atoms with Crippen molar-refractivity contribution in [2.75, 3.05) is 11.1 Å². The minimum absolute atomic E-state index is 0.0517. The van der Waals surface area contributed by atoms with Crippen molar-refractivity contribution in [1.29, 1.82) is 0 Å². The Labute approximate surface area is 185 Å². The average Bonchev–Trinajstić information content (AvgIpc) is 2.67. The summed E-state index contributed by atoms with van der Waals surface area (Å²) in [4.78, 5) is 16.9. The number of nitrogens with two attached hydrogens (primary N) is 1. The Balaban J connectivity index is 1.76. The van der Waals surface area contributed by atoms with Crippen LogP contribution in [0.4, 0.5) is 15.9 Å². The molecular weight excluding hydrogens is 443 g/mol. The summed E-state index contributed by atoms with van der Waals surface area (Å²) < 4.78 is 35.0. The second kappa shape index (κ2) is 7.27. The zero-order valence-corrected chi connectivity index (χ0v) is 18.7. The summed E-state index contributed by atoms with van der Waals surface area (Å²) in [7, 11) is -3.19. The molecule has 3 aromatic rings. The minimum atomic E-state index is -3.19. The van der Waals surface area contributed by atoms with E-state index in [1.54, 1.807) is 39.1 Å². The quantitative estimate of drug-likeness (QED) is 0.414. The molecule has 0 fully saturated rings. The van der Waals surface area contributed by atoms with E-state index in [1.165, 1.54) is 18.5 Å². The molecule has 0 saturated carbocycles. The third kappa shape index (κ3) is 3.69. The van der Waals surface area contributed by atoms with Gasteiger partial charge in [0, 0.05) is 23.3 Å². The van der Waals surface area contributed by atoms with Gasteiger partial charge in [-0.2, -0.15) is 15.0 Å². The van der Waals surface area contributed by atoms with E-state index < -0.39 is 26.8 Å². The molecule has 4 heterocycles. The highest BCUT2D eigenvalue weighted by molar-refractivity contribution is 8.26. The third-order valence-corrected chi connectivity index (χ3v) is 8.55. The van der Waals surface area contributed by atoms with Gasteiger partial charge in [-0.1, -0.05) is 11.6 Å². The molecule has 3 aromatic heterocycles. The predicted molar refractivity (Wildman–Crippen MR) is 123 cm³/mol. The summed E-state index contributed by atoms with van der Waals surface area (Å²) in [5, 5.41) is 4.38. The minimum Gasteiger partial charge on any atom is -0.386 e. The molecule has 1 atom stereocenters. The number of hydrogen-bond acceptors (Lipinski definition) is 8. The van der Waals surface area contributed by atoms with Crippen LogP contribution in [0.15, 0.2) is 41.8 Å². The van der Waals surface area contributed by atoms with Crippen LogP contribution in [0.25, 0.3) is 10.9 Å². The van der Waals surface area contributed by atoms with Crippen LogP contribution in [0, 0.1) is 5.95 Å². The fourth-order valence-electron chi connectivity index (χ4n) is 3.47. The van der Waals surface area contributed by atoms with Crippen molar-refractivity contribution < 1.29 is 13.5 Å². The molecule has 31 heavy (non-hydrogen) atoms. The van der Waals surface area contributed by atoms with Gasteiger partial charge in [0.15, 0.2) is 5.82 Å². The predicted octanol–water partition coefficient (Wildman–Crippen LogP) is 4.68. The fourth-order valence-corrected chi connectivity index (χ4v) is 5.38. The maximum Gasteiger partial charge on any atom is 0.218 e. The smallest absolute Gasteiger partial charge is 0.218 e. The molecule has 0 radical (unpaired) electrons. The zero-order valence-electron chi connectivity index (χ0n) is 17.1. The van der Waals surface area contributed by atoms with Gasteiger partial charge in [-0.25, -0.2) is 9.97 Å². The highest BCUT2D eigenvalue weighted by Gasteiger charge is 2.49. The maximum atomic E-state index is 14.8. The topological polar surface area (TPSA) is 130 Å². The monoisotopic (exact) mass is 464 g/mol. The number of pyridine rings is 3. The van der Waals surface area contributed by atoms with E-state index in [2.05, 4.69) is 25.3 Å². The van der Waals surface area contributed by atoms with E-state index in [4.69, 9.17) is 17.3 Å². The fraction of sp³-hybridized carbons (Fsp3) is 0.300. The average molecular weight is 465 g/mol. The van der Waals surface area contributed by atoms with Crippen LogP contribution in [0.5, 0.6) is 0 Å². The standard InChI is InChI=1S/C20H22ClFN6O2S/c1-19(2)18(23)28-20(3,10-31(19,29)30)14-7-13(9-26-16(14)22)27-17-15-11(4-5-24-17)6-12(21)8-25-15/h4-9,29-30H,10H2,1-3H3,(H2,23,28)(H,24,27)/t20-/m0/s1. The molecule has 0 aliphatic carbocycles. The Morgan fingerprint density at radius 3 is 2.61 bits per heavy atom. The van der Waals surface area contributed by atoms with Crippen LogP contribution in [0.1, 0.15) is 26.3 Å². The lowest BCUT2D eigenvalue weighted by molar-refractivity contribution is 0.413. The number of rotatable bonds is 3. The Morgan fingerprint density at radius 2 is 1.90 bits per heavy atom. The first-order chi connectivity index (χ1) is 14.4. The van der Waals surface area contributed by atoms with Gasteiger partial charge < -0.3 is 11.1 Å². The Bertz CT molecular complexity index is 1220. The van der Waals surface area contributed by atoms with Crippen LogP contribution in [0.2, 0.25) is 5.02 Å². The van der Waals surface area contributed by atoms with Crippen molar-refractivity contribution in [1.82, 2.24) is 15.0 Å². The lowest BCUT2D eigenvalue weighted by atomic mass is 9.94. The Kier molecular flexibility index (Phi) is 5.08. The summed E-state index contributed by atoms with van der Waals surface area (Å²) in [6.45, 7) is 4.82. The van der Waals surface area contributed by atoms with Crippen LogP contribution < -0.4 is 11.1 Å². The highest BCUT2D eigenvalue weighted by Crippen LogP contribution is 2.59. The molecule has 0 unspecified atom stereocenters. The van der Waals surface area contributed by atoms with Crippen molar-refractivity contribution in [3.05, 3.63) is 53.3 Å². The van der Waals surface area contributed by atoms with E-state index in [-0.39, 0.29) is 17.2 Å². The second-order valence-electron chi connectivity index (χ2n) is 8.16. The van der Waals surface area contributed by atoms with Crippen molar-refractivity contribution in [3.8, 4) is 0 Å². The third-order valence-electron chi connectivity index (χ3n) is 5.53. The number of anilines is 2. The van der Waals surface area contributed by atoms with Gasteiger partial charge in [-0.15, -0.1) is 0 Å². The van der Waals surface area contributed by atoms with Gasteiger partial charge in [0.05, 0.1) is 22.7 Å². The van der Waals surface area contributed by atoms with E-state index in [1.807, 2.05) is 0 Å². The van der Waals surface area contributed by atoms with E-state index in [9.17, 15) is 13.5 Å². The molecule has 4 rings (SSSR count). The number of nitrogens with zero attached hydrogens (tertiary/aromatic N) is 4. The lowest BCUT2D eigenvalue weighted by Crippen LogP contribution is -2.52. The van der Waals surface area contributed by atoms with Crippen molar-refractivity contribution in [2.24, 2.45) is 10.7 Å². The molecule has 1 aliphatic rings. The molecule has 0 amide bonds. The normalized spacial score (nSPS) is 23.3. The summed E-state index contributed by atoms with van der Waals surface area (Å²) in [5.41, 5.74) is 5.86. The van der Waals surface area contributed by atoms with Crippen LogP contribution in [-0.2, 0) is 5.54 Å². The summed E-state index contributed by atoms with van der Waals surface area (Å²) in [5.74, 6) is -0.454. The molecule has 0 bridgehead atoms. The number of amidine groups is 1. The van der Waals surface area contributed by atoms with Crippen LogP contribution >= 0.6 is 22.2 Å². The first kappa shape index (κ1) is 21.7. The zero-order chi connectivity index (χ0) is 22.6. The molecule has 8 nitrogen and oxygen atoms in total. The van der Waals surface area contributed by atoms with Gasteiger partial charge in [0.1, 0.15) is 21.6 Å². The number of hydrogen-bond donors (Lipinski definition) is 4. The first-order valence-corrected chi connectivity index (χ1v) is 11.5. The Morgan fingerprint density at radius 1 is 1.16 bits per heavy atom. The first-order valence-electron chi connectivity index (χ1n) is 9.37. The van der Waals surface area contributed by atoms with Gasteiger partial charge in [0.2, 0.25) is 5.95 Å². The van der Waals surface area contributed by atoms with Gasteiger partial charge in [-0.05, 0) is 39.0 Å². The second-order valence-corrected chi connectivity index (χ2v) is 11.2. The largest absolute Gasteiger partial charge is 0.386 e. The molecular formula is C20H22ClFN6O2S. The van der Waals surface area contributed by atoms with E-state index in [0.717, 1.165) is 5.39 Å².